The number of thioether (sulfide) groups is 1. The van der Waals surface area contributed by atoms with Crippen LogP contribution in [0, 0.1) is 17.1 Å². The van der Waals surface area contributed by atoms with Crippen LogP contribution in [0.25, 0.3) is 11.4 Å². The minimum absolute atomic E-state index is 0.263. The van der Waals surface area contributed by atoms with Crippen molar-refractivity contribution in [1.82, 2.24) is 15.2 Å². The smallest absolute Gasteiger partial charge is 0.237 e. The molecule has 1 atom stereocenters. The molecule has 0 saturated carbocycles. The molecule has 0 saturated heterocycles. The average Bonchev–Trinajstić information content (AvgIpc) is 3.10. The van der Waals surface area contributed by atoms with Crippen molar-refractivity contribution in [3.05, 3.63) is 58.9 Å². The number of hydrogen-bond acceptors (Lipinski definition) is 5. The predicted molar refractivity (Wildman–Crippen MR) is 102 cm³/mol. The Morgan fingerprint density at radius 1 is 1.37 bits per heavy atom. The van der Waals surface area contributed by atoms with Gasteiger partial charge in [0.15, 0.2) is 5.82 Å². The molecule has 0 bridgehead atoms. The second-order valence-corrected chi connectivity index (χ2v) is 7.22. The molecule has 9 heteroatoms. The number of anilines is 1. The number of halogens is 2. The van der Waals surface area contributed by atoms with Gasteiger partial charge in [-0.05, 0) is 37.3 Å². The first-order valence-electron chi connectivity index (χ1n) is 7.82. The van der Waals surface area contributed by atoms with Gasteiger partial charge in [-0.25, -0.2) is 9.37 Å². The molecule has 0 fully saturated rings. The van der Waals surface area contributed by atoms with Crippen molar-refractivity contribution >= 4 is 35.0 Å². The molecule has 0 aliphatic carbocycles. The van der Waals surface area contributed by atoms with Crippen molar-refractivity contribution in [3.8, 4) is 17.5 Å². The van der Waals surface area contributed by atoms with Crippen molar-refractivity contribution in [2.75, 3.05) is 5.32 Å². The minimum atomic E-state index is -0.510. The SMILES string of the molecule is C[C@H](Sc1n[nH]c(-c2ccccc2F)n1)C(=O)Nc1ccc(C#N)c(Cl)c1. The van der Waals surface area contributed by atoms with Gasteiger partial charge in [-0.2, -0.15) is 5.26 Å². The van der Waals surface area contributed by atoms with E-state index >= 15 is 0 Å². The van der Waals surface area contributed by atoms with Crippen LogP contribution in [0.3, 0.4) is 0 Å². The third-order valence-electron chi connectivity index (χ3n) is 3.60. The van der Waals surface area contributed by atoms with E-state index in [9.17, 15) is 9.18 Å². The summed E-state index contributed by atoms with van der Waals surface area (Å²) in [4.78, 5) is 16.6. The molecule has 27 heavy (non-hydrogen) atoms. The van der Waals surface area contributed by atoms with E-state index in [2.05, 4.69) is 20.5 Å². The second kappa shape index (κ2) is 8.20. The Morgan fingerprint density at radius 2 is 2.15 bits per heavy atom. The monoisotopic (exact) mass is 401 g/mol. The zero-order chi connectivity index (χ0) is 19.4. The number of carbonyl (C=O) groups is 1. The van der Waals surface area contributed by atoms with Crippen LogP contribution >= 0.6 is 23.4 Å². The summed E-state index contributed by atoms with van der Waals surface area (Å²) in [5.41, 5.74) is 1.12. The molecule has 2 aromatic carbocycles. The maximum atomic E-state index is 13.8. The van der Waals surface area contributed by atoms with Crippen molar-refractivity contribution in [2.45, 2.75) is 17.3 Å². The van der Waals surface area contributed by atoms with Crippen LogP contribution in [0.4, 0.5) is 10.1 Å². The molecule has 136 valence electrons. The normalized spacial score (nSPS) is 11.6. The first-order chi connectivity index (χ1) is 13.0. The number of aromatic amines is 1. The summed E-state index contributed by atoms with van der Waals surface area (Å²) < 4.78 is 13.8. The highest BCUT2D eigenvalue weighted by molar-refractivity contribution is 8.00. The summed E-state index contributed by atoms with van der Waals surface area (Å²) in [5, 5.41) is 18.4. The number of H-pyrrole nitrogens is 1. The number of nitrogens with zero attached hydrogens (tertiary/aromatic N) is 3. The van der Waals surface area contributed by atoms with Crippen LogP contribution in [-0.2, 0) is 4.79 Å². The van der Waals surface area contributed by atoms with Crippen LogP contribution in [0.1, 0.15) is 12.5 Å². The number of nitrogens with one attached hydrogen (secondary N) is 2. The third kappa shape index (κ3) is 4.45. The van der Waals surface area contributed by atoms with Gasteiger partial charge in [-0.15, -0.1) is 5.10 Å². The average molecular weight is 402 g/mol. The molecular weight excluding hydrogens is 389 g/mol. The molecule has 3 aromatic rings. The molecule has 1 heterocycles. The summed E-state index contributed by atoms with van der Waals surface area (Å²) in [7, 11) is 0. The van der Waals surface area contributed by atoms with Gasteiger partial charge >= 0.3 is 0 Å². The lowest BCUT2D eigenvalue weighted by molar-refractivity contribution is -0.115. The Morgan fingerprint density at radius 3 is 2.85 bits per heavy atom. The molecule has 6 nitrogen and oxygen atoms in total. The molecule has 1 amide bonds. The van der Waals surface area contributed by atoms with E-state index in [4.69, 9.17) is 16.9 Å². The Bertz CT molecular complexity index is 1030. The van der Waals surface area contributed by atoms with Crippen LogP contribution in [0.15, 0.2) is 47.6 Å². The van der Waals surface area contributed by atoms with Crippen molar-refractivity contribution in [1.29, 1.82) is 5.26 Å². The van der Waals surface area contributed by atoms with Crippen LogP contribution in [0.5, 0.6) is 0 Å². The molecule has 1 aromatic heterocycles. The first kappa shape index (κ1) is 18.9. The number of benzene rings is 2. The summed E-state index contributed by atoms with van der Waals surface area (Å²) in [6.07, 6.45) is 0. The van der Waals surface area contributed by atoms with E-state index in [-0.39, 0.29) is 10.9 Å². The van der Waals surface area contributed by atoms with Gasteiger partial charge in [0, 0.05) is 5.69 Å². The minimum Gasteiger partial charge on any atom is -0.325 e. The number of amides is 1. The summed E-state index contributed by atoms with van der Waals surface area (Å²) in [5.74, 6) is -0.395. The van der Waals surface area contributed by atoms with Crippen molar-refractivity contribution in [2.24, 2.45) is 0 Å². The molecule has 0 radical (unpaired) electrons. The number of carbonyl (C=O) groups excluding carboxylic acids is 1. The fraction of sp³-hybridized carbons (Fsp3) is 0.111. The Hall–Kier alpha value is -2.89. The molecule has 3 rings (SSSR count). The molecule has 0 aliphatic heterocycles. The maximum Gasteiger partial charge on any atom is 0.237 e. The van der Waals surface area contributed by atoms with Crippen molar-refractivity contribution in [3.63, 3.8) is 0 Å². The topological polar surface area (TPSA) is 94.5 Å². The van der Waals surface area contributed by atoms with Gasteiger partial charge < -0.3 is 5.32 Å². The highest BCUT2D eigenvalue weighted by atomic mass is 35.5. The van der Waals surface area contributed by atoms with Crippen LogP contribution < -0.4 is 5.32 Å². The lowest BCUT2D eigenvalue weighted by Crippen LogP contribution is -2.22. The van der Waals surface area contributed by atoms with Gasteiger partial charge in [0.05, 0.1) is 21.4 Å². The second-order valence-electron chi connectivity index (χ2n) is 5.50. The fourth-order valence-electron chi connectivity index (χ4n) is 2.21. The first-order valence-corrected chi connectivity index (χ1v) is 9.08. The molecule has 0 unspecified atom stereocenters. The molecule has 0 spiro atoms. The summed E-state index contributed by atoms with van der Waals surface area (Å²) in [6.45, 7) is 1.70. The quantitative estimate of drug-likeness (QED) is 0.623. The van der Waals surface area contributed by atoms with Crippen LogP contribution in [-0.4, -0.2) is 26.3 Å². The van der Waals surface area contributed by atoms with E-state index in [0.717, 1.165) is 11.8 Å². The number of nitriles is 1. The van der Waals surface area contributed by atoms with E-state index in [0.29, 0.717) is 27.8 Å². The highest BCUT2D eigenvalue weighted by Crippen LogP contribution is 2.25. The van der Waals surface area contributed by atoms with Gasteiger partial charge in [0.25, 0.3) is 0 Å². The predicted octanol–water partition coefficient (Wildman–Crippen LogP) is 4.26. The Kier molecular flexibility index (Phi) is 5.74. The van der Waals surface area contributed by atoms with Crippen molar-refractivity contribution < 1.29 is 9.18 Å². The highest BCUT2D eigenvalue weighted by Gasteiger charge is 2.18. The zero-order valence-electron chi connectivity index (χ0n) is 14.0. The van der Waals surface area contributed by atoms with Crippen LogP contribution in [0.2, 0.25) is 5.02 Å². The number of rotatable bonds is 5. The number of hydrogen-bond donors (Lipinski definition) is 2. The van der Waals surface area contributed by atoms with Gasteiger partial charge in [-0.3, -0.25) is 9.89 Å². The van der Waals surface area contributed by atoms with Gasteiger partial charge in [0.1, 0.15) is 11.9 Å². The van der Waals surface area contributed by atoms with Gasteiger partial charge in [0.2, 0.25) is 11.1 Å². The van der Waals surface area contributed by atoms with E-state index in [1.807, 2.05) is 6.07 Å². The summed E-state index contributed by atoms with van der Waals surface area (Å²) >= 11 is 7.09. The fourth-order valence-corrected chi connectivity index (χ4v) is 3.16. The van der Waals surface area contributed by atoms with E-state index < -0.39 is 11.1 Å². The molecule has 0 aliphatic rings. The molecular formula is C18H13ClFN5OS. The maximum absolute atomic E-state index is 13.8. The van der Waals surface area contributed by atoms with Gasteiger partial charge in [-0.1, -0.05) is 35.5 Å². The van der Waals surface area contributed by atoms with E-state index in [1.165, 1.54) is 18.2 Å². The lowest BCUT2D eigenvalue weighted by Gasteiger charge is -2.10. The zero-order valence-corrected chi connectivity index (χ0v) is 15.6. The lowest BCUT2D eigenvalue weighted by atomic mass is 10.2. The number of aromatic nitrogens is 3. The third-order valence-corrected chi connectivity index (χ3v) is 4.88. The summed E-state index contributed by atoms with van der Waals surface area (Å²) in [6, 6.07) is 12.8. The largest absolute Gasteiger partial charge is 0.325 e. The Labute approximate surface area is 163 Å². The Balaban J connectivity index is 1.66. The standard InChI is InChI=1S/C18H13ClFN5OS/c1-10(17(26)22-12-7-6-11(9-21)14(19)8-12)27-18-23-16(24-25-18)13-4-2-3-5-15(13)20/h2-8,10H,1H3,(H,22,26)(H,23,24,25)/t10-/m0/s1. The molecule has 2 N–H and O–H groups in total. The van der Waals surface area contributed by atoms with E-state index in [1.54, 1.807) is 31.2 Å².